The van der Waals surface area contributed by atoms with E-state index in [1.165, 1.54) is 12.4 Å². The van der Waals surface area contributed by atoms with Gasteiger partial charge in [0.25, 0.3) is 0 Å². The minimum atomic E-state index is -5.08. The Morgan fingerprint density at radius 1 is 1.19 bits per heavy atom. The third-order valence-corrected chi connectivity index (χ3v) is 4.33. The van der Waals surface area contributed by atoms with E-state index >= 15 is 0 Å². The van der Waals surface area contributed by atoms with Gasteiger partial charge in [-0.05, 0) is 24.3 Å². The number of aromatic carboxylic acids is 1. The Morgan fingerprint density at radius 3 is 2.55 bits per heavy atom. The number of carboxylic acids is 2. The van der Waals surface area contributed by atoms with Gasteiger partial charge in [-0.25, -0.2) is 9.59 Å². The summed E-state index contributed by atoms with van der Waals surface area (Å²) in [5, 5.41) is 28.8. The minimum absolute atomic E-state index is 0.131. The smallest absolute Gasteiger partial charge is 0.490 e. The molecule has 0 atom stereocenters. The van der Waals surface area contributed by atoms with Gasteiger partial charge in [-0.3, -0.25) is 0 Å². The highest BCUT2D eigenvalue weighted by atomic mass is 35.5. The van der Waals surface area contributed by atoms with Crippen LogP contribution in [0.25, 0.3) is 5.65 Å². The van der Waals surface area contributed by atoms with E-state index in [1.54, 1.807) is 10.6 Å². The number of benzene rings is 1. The zero-order valence-corrected chi connectivity index (χ0v) is 16.1. The van der Waals surface area contributed by atoms with Crippen LogP contribution >= 0.6 is 11.6 Å². The molecule has 3 aromatic rings. The molecule has 31 heavy (non-hydrogen) atoms. The highest BCUT2D eigenvalue weighted by Crippen LogP contribution is 2.34. The number of fused-ring (bicyclic) bond motifs is 2. The van der Waals surface area contributed by atoms with Crippen LogP contribution in [-0.2, 0) is 11.3 Å². The van der Waals surface area contributed by atoms with Gasteiger partial charge in [-0.15, -0.1) is 15.3 Å². The van der Waals surface area contributed by atoms with Crippen LogP contribution in [0.5, 0.6) is 5.75 Å². The van der Waals surface area contributed by atoms with Gasteiger partial charge in [0.1, 0.15) is 24.5 Å². The number of halogens is 4. The number of ether oxygens (including phenoxy) is 1. The number of alkyl halides is 3. The molecule has 2 aromatic heterocycles. The third kappa shape index (κ3) is 5.12. The van der Waals surface area contributed by atoms with Crippen molar-refractivity contribution in [2.24, 2.45) is 0 Å². The number of rotatable bonds is 2. The summed E-state index contributed by atoms with van der Waals surface area (Å²) in [6, 6.07) is 6.65. The number of carboxylic acid groups (broad SMARTS) is 2. The van der Waals surface area contributed by atoms with E-state index in [2.05, 4.69) is 15.3 Å². The van der Waals surface area contributed by atoms with Crippen LogP contribution in [0.3, 0.4) is 0 Å². The third-order valence-electron chi connectivity index (χ3n) is 4.05. The van der Waals surface area contributed by atoms with Crippen LogP contribution in [0.4, 0.5) is 19.0 Å². The highest BCUT2D eigenvalue weighted by molar-refractivity contribution is 6.32. The van der Waals surface area contributed by atoms with Gasteiger partial charge < -0.3 is 19.8 Å². The van der Waals surface area contributed by atoms with Crippen molar-refractivity contribution in [3.63, 3.8) is 0 Å². The van der Waals surface area contributed by atoms with Crippen molar-refractivity contribution in [1.82, 2.24) is 19.8 Å². The molecular weight excluding hydrogens is 447 g/mol. The summed E-state index contributed by atoms with van der Waals surface area (Å²) in [5.41, 5.74) is 1.50. The maximum absolute atomic E-state index is 11.3. The Labute approximate surface area is 176 Å². The largest absolute Gasteiger partial charge is 0.490 e. The Morgan fingerprint density at radius 2 is 1.90 bits per heavy atom. The number of hydrogen-bond acceptors (Lipinski definition) is 7. The molecule has 1 aromatic carbocycles. The normalized spacial score (nSPS) is 13.5. The van der Waals surface area contributed by atoms with Crippen molar-refractivity contribution >= 4 is 35.0 Å². The number of aromatic nitrogens is 4. The first-order valence-electron chi connectivity index (χ1n) is 8.47. The van der Waals surface area contributed by atoms with Crippen molar-refractivity contribution in [2.75, 3.05) is 18.1 Å². The van der Waals surface area contributed by atoms with Crippen LogP contribution in [-0.4, -0.2) is 61.3 Å². The Hall–Kier alpha value is -3.61. The predicted molar refractivity (Wildman–Crippen MR) is 99.4 cm³/mol. The SMILES string of the molecule is O=C(O)C(F)(F)F.O=C(O)c1cc(Cl)c2c(c1)CN(c1ccc3nncn3n1)CCO2. The van der Waals surface area contributed by atoms with E-state index in [-0.39, 0.29) is 5.56 Å². The summed E-state index contributed by atoms with van der Waals surface area (Å²) in [6.45, 7) is 1.45. The van der Waals surface area contributed by atoms with Gasteiger partial charge in [0.2, 0.25) is 0 Å². The maximum atomic E-state index is 11.3. The topological polar surface area (TPSA) is 130 Å². The number of anilines is 1. The van der Waals surface area contributed by atoms with Crippen LogP contribution < -0.4 is 9.64 Å². The lowest BCUT2D eigenvalue weighted by Gasteiger charge is -2.20. The number of hydrogen-bond donors (Lipinski definition) is 2. The molecule has 0 saturated carbocycles. The number of aliphatic carboxylic acids is 1. The summed E-state index contributed by atoms with van der Waals surface area (Å²) in [5.74, 6) is -2.54. The van der Waals surface area contributed by atoms with E-state index < -0.39 is 18.1 Å². The van der Waals surface area contributed by atoms with Gasteiger partial charge in [-0.2, -0.15) is 17.7 Å². The Bertz CT molecular complexity index is 1140. The molecule has 0 aliphatic carbocycles. The van der Waals surface area contributed by atoms with Gasteiger partial charge in [0.15, 0.2) is 5.65 Å². The van der Waals surface area contributed by atoms with Crippen LogP contribution in [0, 0.1) is 0 Å². The Kier molecular flexibility index (Phi) is 6.15. The lowest BCUT2D eigenvalue weighted by Crippen LogP contribution is -2.26. The fourth-order valence-corrected chi connectivity index (χ4v) is 2.97. The van der Waals surface area contributed by atoms with Crippen molar-refractivity contribution in [2.45, 2.75) is 12.7 Å². The van der Waals surface area contributed by atoms with Gasteiger partial charge in [0.05, 0.1) is 17.1 Å². The fraction of sp³-hybridized carbons (Fsp3) is 0.235. The molecule has 4 rings (SSSR count). The lowest BCUT2D eigenvalue weighted by atomic mass is 10.1. The van der Waals surface area contributed by atoms with Crippen molar-refractivity contribution in [3.8, 4) is 5.75 Å². The van der Waals surface area contributed by atoms with Crippen LogP contribution in [0.1, 0.15) is 15.9 Å². The molecule has 3 heterocycles. The van der Waals surface area contributed by atoms with E-state index in [4.69, 9.17) is 26.2 Å². The predicted octanol–water partition coefficient (Wildman–Crippen LogP) is 2.51. The second kappa shape index (κ2) is 8.63. The molecule has 1 aliphatic heterocycles. The summed E-state index contributed by atoms with van der Waals surface area (Å²) in [7, 11) is 0. The molecule has 0 saturated heterocycles. The molecule has 0 radical (unpaired) electrons. The van der Waals surface area contributed by atoms with Gasteiger partial charge in [-0.1, -0.05) is 11.6 Å². The molecule has 0 unspecified atom stereocenters. The Balaban J connectivity index is 0.000000339. The second-order valence-electron chi connectivity index (χ2n) is 6.15. The fourth-order valence-electron chi connectivity index (χ4n) is 2.68. The van der Waals surface area contributed by atoms with Crippen molar-refractivity contribution in [1.29, 1.82) is 0 Å². The average molecular weight is 460 g/mol. The van der Waals surface area contributed by atoms with E-state index in [9.17, 15) is 23.1 Å². The number of carbonyl (C=O) groups is 2. The summed E-state index contributed by atoms with van der Waals surface area (Å²) in [4.78, 5) is 22.1. The average Bonchev–Trinajstić information content (AvgIpc) is 3.05. The molecule has 10 nitrogen and oxygen atoms in total. The molecule has 1 aliphatic rings. The summed E-state index contributed by atoms with van der Waals surface area (Å²) < 4.78 is 39.0. The zero-order valence-electron chi connectivity index (χ0n) is 15.4. The lowest BCUT2D eigenvalue weighted by molar-refractivity contribution is -0.192. The monoisotopic (exact) mass is 459 g/mol. The first-order valence-corrected chi connectivity index (χ1v) is 8.84. The van der Waals surface area contributed by atoms with Gasteiger partial charge >= 0.3 is 18.1 Å². The summed E-state index contributed by atoms with van der Waals surface area (Å²) >= 11 is 6.18. The van der Waals surface area contributed by atoms with Crippen LogP contribution in [0.2, 0.25) is 5.02 Å². The summed E-state index contributed by atoms with van der Waals surface area (Å²) in [6.07, 6.45) is -3.56. The van der Waals surface area contributed by atoms with Crippen LogP contribution in [0.15, 0.2) is 30.6 Å². The van der Waals surface area contributed by atoms with E-state index in [1.807, 2.05) is 17.0 Å². The molecule has 14 heteroatoms. The van der Waals surface area contributed by atoms with E-state index in [0.29, 0.717) is 41.7 Å². The molecule has 0 amide bonds. The van der Waals surface area contributed by atoms with Crippen molar-refractivity contribution < 1.29 is 37.7 Å². The molecule has 164 valence electrons. The van der Waals surface area contributed by atoms with Crippen molar-refractivity contribution in [3.05, 3.63) is 46.7 Å². The first kappa shape index (κ1) is 22.1. The first-order chi connectivity index (χ1) is 14.6. The zero-order chi connectivity index (χ0) is 22.8. The highest BCUT2D eigenvalue weighted by Gasteiger charge is 2.38. The second-order valence-corrected chi connectivity index (χ2v) is 6.56. The van der Waals surface area contributed by atoms with E-state index in [0.717, 1.165) is 5.82 Å². The standard InChI is InChI=1S/C15H12ClN5O3.C2HF3O2/c16-11-6-9(15(22)23)5-10-7-20(3-4-24-14(10)11)13-2-1-12-18-17-8-21(12)19-13;3-2(4,5)1(6)7/h1-2,5-6,8H,3-4,7H2,(H,22,23);(H,6,7). The minimum Gasteiger partial charge on any atom is -0.490 e. The molecule has 0 bridgehead atoms. The molecule has 2 N–H and O–H groups in total. The maximum Gasteiger partial charge on any atom is 0.490 e. The molecule has 0 fully saturated rings. The molecule has 0 spiro atoms. The molecular formula is C17H13ClF3N5O5. The van der Waals surface area contributed by atoms with Gasteiger partial charge in [0, 0.05) is 12.1 Å². The quantitative estimate of drug-likeness (QED) is 0.593. The number of nitrogens with zero attached hydrogens (tertiary/aromatic N) is 5.